The number of allylic oxidation sites excluding steroid dienone is 1. The summed E-state index contributed by atoms with van der Waals surface area (Å²) in [6.45, 7) is 2.26. The lowest BCUT2D eigenvalue weighted by atomic mass is 10.1. The number of hydrogen-bond donors (Lipinski definition) is 0. The lowest BCUT2D eigenvalue weighted by Crippen LogP contribution is -1.81. The van der Waals surface area contributed by atoms with Gasteiger partial charge >= 0.3 is 0 Å². The summed E-state index contributed by atoms with van der Waals surface area (Å²) in [6.07, 6.45) is 17.2. The van der Waals surface area contributed by atoms with Gasteiger partial charge in [-0.3, -0.25) is 5.11 Å². The molecular weight excluding hydrogens is 184 g/mol. The molecule has 0 unspecified atom stereocenters. The van der Waals surface area contributed by atoms with E-state index in [9.17, 15) is 5.11 Å². The van der Waals surface area contributed by atoms with Gasteiger partial charge in [0.15, 0.2) is 0 Å². The summed E-state index contributed by atoms with van der Waals surface area (Å²) in [6, 6.07) is 0. The maximum absolute atomic E-state index is 10.0. The van der Waals surface area contributed by atoms with Crippen LogP contribution in [0, 0.1) is 0 Å². The smallest absolute Gasteiger partial charge is 0.138 e. The van der Waals surface area contributed by atoms with Gasteiger partial charge in [-0.15, -0.1) is 0 Å². The van der Waals surface area contributed by atoms with E-state index in [0.717, 1.165) is 12.7 Å². The summed E-state index contributed by atoms with van der Waals surface area (Å²) in [5.74, 6) is 0. The van der Waals surface area contributed by atoms with Crippen molar-refractivity contribution in [3.63, 3.8) is 0 Å². The SMILES string of the molecule is CCCCCCCCCCCC/C=C/[O]. The molecule has 0 fully saturated rings. The lowest BCUT2D eigenvalue weighted by molar-refractivity contribution is 0.349. The van der Waals surface area contributed by atoms with Crippen LogP contribution in [0.1, 0.15) is 77.6 Å². The Morgan fingerprint density at radius 1 is 0.733 bits per heavy atom. The van der Waals surface area contributed by atoms with Crippen LogP contribution in [0.15, 0.2) is 12.3 Å². The molecule has 0 aromatic heterocycles. The standard InChI is InChI=1S/C14H27O/c1-2-3-4-5-6-7-8-9-10-11-12-13-14-15/h13-14H,2-12H2,1H3/b14-13+. The first-order valence-corrected chi connectivity index (χ1v) is 6.68. The summed E-state index contributed by atoms with van der Waals surface area (Å²) in [7, 11) is 0. The van der Waals surface area contributed by atoms with Crippen molar-refractivity contribution < 1.29 is 5.11 Å². The largest absolute Gasteiger partial charge is 0.299 e. The van der Waals surface area contributed by atoms with Gasteiger partial charge in [0.1, 0.15) is 6.26 Å². The molecule has 0 saturated heterocycles. The van der Waals surface area contributed by atoms with Crippen LogP contribution in [-0.4, -0.2) is 0 Å². The fraction of sp³-hybridized carbons (Fsp3) is 0.857. The molecule has 0 spiro atoms. The predicted molar refractivity (Wildman–Crippen MR) is 66.3 cm³/mol. The second-order valence-corrected chi connectivity index (χ2v) is 4.34. The molecule has 1 radical (unpaired) electrons. The molecule has 0 N–H and O–H groups in total. The lowest BCUT2D eigenvalue weighted by Gasteiger charge is -2.00. The number of rotatable bonds is 11. The summed E-state index contributed by atoms with van der Waals surface area (Å²) in [5, 5.41) is 10.0. The molecule has 0 rings (SSSR count). The third-order valence-electron chi connectivity index (χ3n) is 2.82. The molecule has 0 aromatic carbocycles. The van der Waals surface area contributed by atoms with E-state index < -0.39 is 0 Å². The minimum absolute atomic E-state index is 0.910. The van der Waals surface area contributed by atoms with E-state index in [1.165, 1.54) is 64.2 Å². The number of hydrogen-bond acceptors (Lipinski definition) is 0. The van der Waals surface area contributed by atoms with Crippen LogP contribution in [0.5, 0.6) is 0 Å². The van der Waals surface area contributed by atoms with E-state index in [1.807, 2.05) is 0 Å². The van der Waals surface area contributed by atoms with Gasteiger partial charge in [0.25, 0.3) is 0 Å². The molecule has 0 bridgehead atoms. The molecule has 0 aliphatic carbocycles. The molecule has 1 nitrogen and oxygen atoms in total. The van der Waals surface area contributed by atoms with E-state index in [2.05, 4.69) is 6.92 Å². The van der Waals surface area contributed by atoms with Gasteiger partial charge in [-0.2, -0.15) is 0 Å². The Morgan fingerprint density at radius 2 is 1.20 bits per heavy atom. The van der Waals surface area contributed by atoms with Crippen molar-refractivity contribution in [2.45, 2.75) is 77.6 Å². The molecule has 0 heterocycles. The van der Waals surface area contributed by atoms with Crippen molar-refractivity contribution in [1.82, 2.24) is 0 Å². The highest BCUT2D eigenvalue weighted by molar-refractivity contribution is 4.70. The van der Waals surface area contributed by atoms with Gasteiger partial charge in [-0.25, -0.2) is 0 Å². The second kappa shape index (κ2) is 13.5. The third-order valence-corrected chi connectivity index (χ3v) is 2.82. The van der Waals surface area contributed by atoms with Crippen LogP contribution in [-0.2, 0) is 5.11 Å². The summed E-state index contributed by atoms with van der Waals surface area (Å²) < 4.78 is 0. The van der Waals surface area contributed by atoms with Gasteiger partial charge in [0, 0.05) is 0 Å². The third kappa shape index (κ3) is 13.5. The zero-order chi connectivity index (χ0) is 11.2. The van der Waals surface area contributed by atoms with Crippen LogP contribution in [0.2, 0.25) is 0 Å². The first-order chi connectivity index (χ1) is 7.41. The molecule has 0 amide bonds. The first kappa shape index (κ1) is 14.5. The molecule has 1 heteroatoms. The van der Waals surface area contributed by atoms with Gasteiger partial charge in [-0.05, 0) is 18.9 Å². The number of unbranched alkanes of at least 4 members (excludes halogenated alkanes) is 10. The van der Waals surface area contributed by atoms with Crippen molar-refractivity contribution in [3.8, 4) is 0 Å². The van der Waals surface area contributed by atoms with E-state index in [-0.39, 0.29) is 0 Å². The molecular formula is C14H27O. The zero-order valence-corrected chi connectivity index (χ0v) is 10.3. The normalized spacial score (nSPS) is 11.3. The van der Waals surface area contributed by atoms with E-state index in [1.54, 1.807) is 6.08 Å². The molecule has 89 valence electrons. The van der Waals surface area contributed by atoms with Gasteiger partial charge < -0.3 is 0 Å². The quantitative estimate of drug-likeness (QED) is 0.329. The van der Waals surface area contributed by atoms with E-state index >= 15 is 0 Å². The Bertz CT molecular complexity index is 129. The minimum atomic E-state index is 0.910. The molecule has 0 aliphatic rings. The van der Waals surface area contributed by atoms with Crippen LogP contribution in [0.3, 0.4) is 0 Å². The Morgan fingerprint density at radius 3 is 1.67 bits per heavy atom. The van der Waals surface area contributed by atoms with Gasteiger partial charge in [-0.1, -0.05) is 64.7 Å². The van der Waals surface area contributed by atoms with Crippen molar-refractivity contribution >= 4 is 0 Å². The monoisotopic (exact) mass is 211 g/mol. The van der Waals surface area contributed by atoms with Gasteiger partial charge in [0.05, 0.1) is 0 Å². The fourth-order valence-corrected chi connectivity index (χ4v) is 1.82. The average Bonchev–Trinajstić information content (AvgIpc) is 2.26. The van der Waals surface area contributed by atoms with E-state index in [4.69, 9.17) is 0 Å². The Balaban J connectivity index is 2.86. The first-order valence-electron chi connectivity index (χ1n) is 6.68. The molecule has 0 atom stereocenters. The van der Waals surface area contributed by atoms with Crippen molar-refractivity contribution in [2.75, 3.05) is 0 Å². The highest BCUT2D eigenvalue weighted by atomic mass is 16.2. The Kier molecular flexibility index (Phi) is 13.1. The highest BCUT2D eigenvalue weighted by Gasteiger charge is 1.91. The predicted octanol–water partition coefficient (Wildman–Crippen LogP) is 5.24. The maximum atomic E-state index is 10.0. The van der Waals surface area contributed by atoms with Crippen LogP contribution in [0.25, 0.3) is 0 Å². The Labute approximate surface area is 95.6 Å². The molecule has 15 heavy (non-hydrogen) atoms. The Hall–Kier alpha value is -0.460. The van der Waals surface area contributed by atoms with Crippen LogP contribution < -0.4 is 0 Å². The minimum Gasteiger partial charge on any atom is -0.299 e. The van der Waals surface area contributed by atoms with Crippen molar-refractivity contribution in [2.24, 2.45) is 0 Å². The average molecular weight is 211 g/mol. The summed E-state index contributed by atoms with van der Waals surface area (Å²) in [4.78, 5) is 0. The van der Waals surface area contributed by atoms with E-state index in [0.29, 0.717) is 0 Å². The van der Waals surface area contributed by atoms with Crippen molar-refractivity contribution in [3.05, 3.63) is 12.3 Å². The topological polar surface area (TPSA) is 19.9 Å². The van der Waals surface area contributed by atoms with Crippen molar-refractivity contribution in [1.29, 1.82) is 0 Å². The zero-order valence-electron chi connectivity index (χ0n) is 10.3. The fourth-order valence-electron chi connectivity index (χ4n) is 1.82. The summed E-state index contributed by atoms with van der Waals surface area (Å²) in [5.41, 5.74) is 0. The highest BCUT2D eigenvalue weighted by Crippen LogP contribution is 2.11. The van der Waals surface area contributed by atoms with Crippen LogP contribution >= 0.6 is 0 Å². The maximum Gasteiger partial charge on any atom is 0.138 e. The second-order valence-electron chi connectivity index (χ2n) is 4.34. The molecule has 0 aromatic rings. The van der Waals surface area contributed by atoms with Gasteiger partial charge in [0.2, 0.25) is 0 Å². The summed E-state index contributed by atoms with van der Waals surface area (Å²) >= 11 is 0. The molecule has 0 saturated carbocycles. The van der Waals surface area contributed by atoms with Crippen LogP contribution in [0.4, 0.5) is 0 Å². The molecule has 0 aliphatic heterocycles.